The van der Waals surface area contributed by atoms with Crippen molar-refractivity contribution in [3.8, 4) is 23.9 Å². The van der Waals surface area contributed by atoms with Crippen LogP contribution in [0.1, 0.15) is 126 Å². The van der Waals surface area contributed by atoms with Crippen molar-refractivity contribution in [1.82, 2.24) is 39.1 Å². The molecular formula is C57H72Br2Cl2F2N12O7. The number of nitrogens with one attached hydrogen (secondary N) is 2. The summed E-state index contributed by atoms with van der Waals surface area (Å²) in [5.74, 6) is -0.981. The van der Waals surface area contributed by atoms with Crippen molar-refractivity contribution in [1.29, 1.82) is 10.5 Å². The van der Waals surface area contributed by atoms with Crippen LogP contribution in [0.15, 0.2) is 25.9 Å². The summed E-state index contributed by atoms with van der Waals surface area (Å²) >= 11 is 19.2. The number of anilines is 2. The molecule has 2 aromatic carbocycles. The Morgan fingerprint density at radius 3 is 1.76 bits per heavy atom. The predicted octanol–water partition coefficient (Wildman–Crippen LogP) is 12.5. The van der Waals surface area contributed by atoms with Crippen molar-refractivity contribution < 1.29 is 37.3 Å². The molecule has 0 bridgehead atoms. The van der Waals surface area contributed by atoms with Crippen LogP contribution in [0.5, 0.6) is 11.8 Å². The van der Waals surface area contributed by atoms with Gasteiger partial charge in [0.15, 0.2) is 11.6 Å². The fourth-order valence-corrected chi connectivity index (χ4v) is 12.8. The number of ether oxygens (including phenoxy) is 4. The molecule has 8 atom stereocenters. The van der Waals surface area contributed by atoms with Crippen molar-refractivity contribution in [3.05, 3.63) is 53.2 Å². The van der Waals surface area contributed by atoms with Gasteiger partial charge in [-0.25, -0.2) is 33.1 Å². The molecule has 2 amide bonds. The number of piperidine rings is 2. The van der Waals surface area contributed by atoms with Gasteiger partial charge in [-0.2, -0.15) is 10.5 Å². The first-order valence-corrected chi connectivity index (χ1v) is 30.1. The zero-order valence-corrected chi connectivity index (χ0v) is 52.6. The van der Waals surface area contributed by atoms with Gasteiger partial charge in [-0.3, -0.25) is 14.4 Å². The van der Waals surface area contributed by atoms with E-state index in [-0.39, 0.29) is 103 Å². The lowest BCUT2D eigenvalue weighted by atomic mass is 9.95. The lowest BCUT2D eigenvalue weighted by molar-refractivity contribution is 0.00574. The molecular weight excluding hydrogens is 1230 g/mol. The third kappa shape index (κ3) is 13.6. The molecule has 3 aromatic heterocycles. The Bertz CT molecular complexity index is 3380. The number of H-pyrrole nitrogens is 1. The van der Waals surface area contributed by atoms with E-state index >= 15 is 8.78 Å². The SMILES string of the molecule is C[C@H](Oc1nc2c(F)c(Br)c(Cl)cc2c(N[C@H]2CCN(C(=O)OC(C)(C)C)[C@H](CC#N)C2)c1N)[C@@H]1CCCN1C.C[C@H](Oc1nc2c(F)c(Br)c(Cl)cc2c2c1[nH]c(=O)n2[C@H]1CCN(C(=O)OC(C)(C)C)[C@H](CC#N)C1)[C@@H]1CCCN1C. The fraction of sp³-hybridized carbons (Fsp3) is 0.596. The molecule has 82 heavy (non-hydrogen) atoms. The highest BCUT2D eigenvalue weighted by Crippen LogP contribution is 2.44. The van der Waals surface area contributed by atoms with E-state index in [1.54, 1.807) is 47.3 Å². The largest absolute Gasteiger partial charge is 0.471 e. The average Bonchev–Trinajstić information content (AvgIpc) is 2.10. The first kappa shape index (κ1) is 62.6. The molecule has 0 radical (unpaired) electrons. The summed E-state index contributed by atoms with van der Waals surface area (Å²) in [5.41, 5.74) is 6.49. The summed E-state index contributed by atoms with van der Waals surface area (Å²) in [6, 6.07) is 6.50. The van der Waals surface area contributed by atoms with Gasteiger partial charge in [0.25, 0.3) is 0 Å². The average molecular weight is 1310 g/mol. The molecule has 4 saturated heterocycles. The van der Waals surface area contributed by atoms with Crippen LogP contribution in [0.25, 0.3) is 32.8 Å². The maximum absolute atomic E-state index is 15.6. The van der Waals surface area contributed by atoms with Gasteiger partial charge in [0.2, 0.25) is 11.8 Å². The molecule has 4 aliphatic rings. The number of fused-ring (bicyclic) bond motifs is 4. The lowest BCUT2D eigenvalue weighted by Gasteiger charge is -2.39. The molecule has 4 fully saturated rings. The zero-order valence-electron chi connectivity index (χ0n) is 47.9. The highest BCUT2D eigenvalue weighted by atomic mass is 79.9. The summed E-state index contributed by atoms with van der Waals surface area (Å²) in [6.07, 6.45) is 4.66. The smallest absolute Gasteiger partial charge is 0.410 e. The van der Waals surface area contributed by atoms with Crippen molar-refractivity contribution in [2.24, 2.45) is 0 Å². The van der Waals surface area contributed by atoms with E-state index in [4.69, 9.17) is 47.9 Å². The Labute approximate surface area is 503 Å². The maximum Gasteiger partial charge on any atom is 0.410 e. The number of pyridine rings is 2. The highest BCUT2D eigenvalue weighted by Gasteiger charge is 2.39. The van der Waals surface area contributed by atoms with E-state index in [1.165, 1.54) is 0 Å². The van der Waals surface area contributed by atoms with Gasteiger partial charge in [0.1, 0.15) is 45.6 Å². The van der Waals surface area contributed by atoms with Crippen LogP contribution in [-0.4, -0.2) is 145 Å². The molecule has 444 valence electrons. The number of likely N-dealkylation sites (tertiary alicyclic amines) is 4. The van der Waals surface area contributed by atoms with Crippen molar-refractivity contribution in [3.63, 3.8) is 0 Å². The van der Waals surface area contributed by atoms with Gasteiger partial charge in [0.05, 0.1) is 55.2 Å². The highest BCUT2D eigenvalue weighted by molar-refractivity contribution is 9.11. The number of carbonyl (C=O) groups is 2. The standard InChI is InChI=1S/C29H35BrClFN6O4.C28H37BrClFN6O3/c1-15(20-7-6-11-36(20)5)41-26-24-25(18-14-19(31)21(30)22(32)23(18)34-26)38(27(39)35-24)17-9-12-37(16(13-17)8-10-33)28(40)42-29(2,3)4;1-15(20-7-6-11-36(20)5)39-26-23(33)25(18-14-19(30)21(29)22(31)24(18)35-26)34-16-9-12-37(17(13-16)8-10-32)27(38)40-28(2,3)4/h14-17,20H,6-9,11-13H2,1-5H3,(H,35,39);14-17,20H,6-9,11-13,33H2,1-5H3,(H,34,35)/t15-,16+,17-,20-;15-,16-,17+,20-/m00/s1. The number of hydrogen-bond donors (Lipinski definition) is 3. The number of nitrogen functional groups attached to an aromatic ring is 1. The number of halogens is 6. The maximum atomic E-state index is 15.6. The number of carbonyl (C=O) groups excluding carboxylic acids is 2. The third-order valence-electron chi connectivity index (χ3n) is 15.7. The van der Waals surface area contributed by atoms with E-state index in [0.29, 0.717) is 59.7 Å². The Kier molecular flexibility index (Phi) is 19.4. The molecule has 9 rings (SSSR count). The molecule has 19 nitrogen and oxygen atoms in total. The zero-order chi connectivity index (χ0) is 59.9. The van der Waals surface area contributed by atoms with Gasteiger partial charge in [0, 0.05) is 60.1 Å². The minimum absolute atomic E-state index is 0.0215. The van der Waals surface area contributed by atoms with Crippen molar-refractivity contribution in [2.45, 2.75) is 179 Å². The van der Waals surface area contributed by atoms with E-state index in [1.807, 2.05) is 41.7 Å². The molecule has 0 aliphatic carbocycles. The Balaban J connectivity index is 0.000000215. The van der Waals surface area contributed by atoms with Crippen LogP contribution in [0.2, 0.25) is 10.0 Å². The molecule has 0 unspecified atom stereocenters. The normalized spacial score (nSPS) is 22.6. The third-order valence-corrected chi connectivity index (χ3v) is 18.3. The van der Waals surface area contributed by atoms with Gasteiger partial charge >= 0.3 is 17.9 Å². The van der Waals surface area contributed by atoms with Gasteiger partial charge in [-0.05, 0) is 178 Å². The minimum atomic E-state index is -0.691. The van der Waals surface area contributed by atoms with Crippen LogP contribution < -0.4 is 26.2 Å². The summed E-state index contributed by atoms with van der Waals surface area (Å²) in [4.78, 5) is 59.1. The first-order valence-electron chi connectivity index (χ1n) is 27.7. The minimum Gasteiger partial charge on any atom is -0.471 e. The second-order valence-corrected chi connectivity index (χ2v) is 26.3. The summed E-state index contributed by atoms with van der Waals surface area (Å²) in [7, 11) is 4.10. The molecule has 4 aliphatic heterocycles. The van der Waals surface area contributed by atoms with Crippen molar-refractivity contribution >= 4 is 111 Å². The van der Waals surface area contributed by atoms with E-state index in [9.17, 15) is 24.9 Å². The number of nitrogens with two attached hydrogens (primary N) is 1. The molecule has 7 heterocycles. The Morgan fingerprint density at radius 1 is 0.780 bits per heavy atom. The van der Waals surface area contributed by atoms with Gasteiger partial charge < -0.3 is 44.8 Å². The molecule has 25 heteroatoms. The number of likely N-dealkylation sites (N-methyl/N-ethyl adjacent to an activating group) is 2. The van der Waals surface area contributed by atoms with Crippen LogP contribution in [0.3, 0.4) is 0 Å². The molecule has 0 spiro atoms. The Hall–Kier alpha value is -5.43. The van der Waals surface area contributed by atoms with E-state index in [2.05, 4.69) is 81.1 Å². The summed E-state index contributed by atoms with van der Waals surface area (Å²) < 4.78 is 56.6. The van der Waals surface area contributed by atoms with Gasteiger partial charge in [-0.1, -0.05) is 23.2 Å². The molecule has 5 aromatic rings. The van der Waals surface area contributed by atoms with Crippen LogP contribution >= 0.6 is 55.1 Å². The van der Waals surface area contributed by atoms with Crippen LogP contribution in [-0.2, 0) is 9.47 Å². The predicted molar refractivity (Wildman–Crippen MR) is 320 cm³/mol. The molecule has 0 saturated carbocycles. The van der Waals surface area contributed by atoms with E-state index < -0.39 is 52.8 Å². The number of nitriles is 2. The number of aromatic nitrogens is 4. The van der Waals surface area contributed by atoms with Crippen LogP contribution in [0.4, 0.5) is 29.7 Å². The van der Waals surface area contributed by atoms with E-state index in [0.717, 1.165) is 38.8 Å². The Morgan fingerprint density at radius 2 is 1.26 bits per heavy atom. The number of nitrogens with zero attached hydrogens (tertiary/aromatic N) is 9. The number of benzene rings is 2. The lowest BCUT2D eigenvalue weighted by Crippen LogP contribution is -2.50. The monoisotopic (exact) mass is 1300 g/mol. The fourth-order valence-electron chi connectivity index (χ4n) is 11.8. The number of rotatable bonds is 11. The topological polar surface area (TPSA) is 233 Å². The number of amides is 2. The summed E-state index contributed by atoms with van der Waals surface area (Å²) in [5, 5.41) is 23.6. The van der Waals surface area contributed by atoms with Crippen molar-refractivity contribution in [2.75, 3.05) is 51.3 Å². The second-order valence-electron chi connectivity index (χ2n) is 23.9. The van der Waals surface area contributed by atoms with Gasteiger partial charge in [-0.15, -0.1) is 0 Å². The molecule has 4 N–H and O–H groups in total. The van der Waals surface area contributed by atoms with Crippen LogP contribution in [0, 0.1) is 34.3 Å². The first-order chi connectivity index (χ1) is 38.6. The number of imidazole rings is 1. The summed E-state index contributed by atoms with van der Waals surface area (Å²) in [6.45, 7) is 17.3. The number of hydrogen-bond acceptors (Lipinski definition) is 15. The quantitative estimate of drug-likeness (QED) is 0.104. The number of aromatic amines is 1. The second kappa shape index (κ2) is 25.4.